The molecule has 0 saturated carbocycles. The molecule has 25 nitrogen and oxygen atoms in total. The van der Waals surface area contributed by atoms with Gasteiger partial charge in [0.1, 0.15) is 32.9 Å². The number of hydrogen-bond donors (Lipinski definition) is 1. The van der Waals surface area contributed by atoms with Crippen molar-refractivity contribution in [3.8, 4) is 0 Å². The summed E-state index contributed by atoms with van der Waals surface area (Å²) in [4.78, 5) is 40.3. The van der Waals surface area contributed by atoms with Gasteiger partial charge in [-0.05, 0) is 93.6 Å². The highest BCUT2D eigenvalue weighted by atomic mass is 35.5. The molecule has 0 unspecified atom stereocenters. The monoisotopic (exact) mass is 1780 g/mol. The zero-order valence-corrected chi connectivity index (χ0v) is 71.2. The third kappa shape index (κ3) is 48.2. The van der Waals surface area contributed by atoms with Crippen LogP contribution in [0, 0.1) is 0 Å². The average Bonchev–Trinajstić information content (AvgIpc) is 0.833. The number of carbonyl (C=O) groups excluding carboxylic acids is 3. The Balaban J connectivity index is 0.00000133. The molecule has 0 heterocycles. The van der Waals surface area contributed by atoms with Crippen LogP contribution >= 0.6 is 0 Å². The zero-order chi connectivity index (χ0) is 87.3. The number of rotatable bonds is 28. The Bertz CT molecular complexity index is 4370. The number of carbonyl (C=O) groups is 3. The maximum absolute atomic E-state index is 11.9. The number of aliphatic hydroxyl groups excluding tert-OH is 1. The van der Waals surface area contributed by atoms with Crippen molar-refractivity contribution in [1.82, 2.24) is 0 Å². The van der Waals surface area contributed by atoms with E-state index in [-0.39, 0.29) is 58.6 Å². The topological polar surface area (TPSA) is 349 Å². The second-order valence-corrected chi connectivity index (χ2v) is 36.3. The van der Waals surface area contributed by atoms with E-state index in [1.165, 1.54) is 54.3 Å². The van der Waals surface area contributed by atoms with E-state index in [1.54, 1.807) is 15.2 Å². The summed E-state index contributed by atoms with van der Waals surface area (Å²) in [6.07, 6.45) is 0. The predicted molar refractivity (Wildman–Crippen MR) is 427 cm³/mol. The van der Waals surface area contributed by atoms with Crippen LogP contribution in [0.3, 0.4) is 0 Å². The molecular weight excluding hydrogens is 1690 g/mol. The Morgan fingerprint density at radius 1 is 0.388 bits per heavy atom. The molecule has 0 radical (unpaired) electrons. The minimum absolute atomic E-state index is 0. The Morgan fingerprint density at radius 3 is 0.741 bits per heavy atom. The van der Waals surface area contributed by atoms with Gasteiger partial charge in [-0.25, -0.2) is 56.5 Å². The number of nitrogens with zero attached hydrogens (tertiary/aromatic N) is 4. The van der Waals surface area contributed by atoms with Crippen molar-refractivity contribution in [3.63, 3.8) is 0 Å². The first-order valence-corrected chi connectivity index (χ1v) is 42.7. The molecule has 0 bridgehead atoms. The van der Waals surface area contributed by atoms with Crippen molar-refractivity contribution in [2.75, 3.05) is 89.0 Å². The third-order valence-electron chi connectivity index (χ3n) is 12.5. The lowest BCUT2D eigenvalue weighted by molar-refractivity contribution is -0.884. The van der Waals surface area contributed by atoms with E-state index in [4.69, 9.17) is 5.11 Å². The molecule has 0 atom stereocenters. The predicted octanol–water partition coefficient (Wildman–Crippen LogP) is 10.7. The van der Waals surface area contributed by atoms with Crippen LogP contribution in [0.25, 0.3) is 8.25 Å². The molecule has 638 valence electrons. The number of benzene rings is 8. The van der Waals surface area contributed by atoms with E-state index in [2.05, 4.69) is 331 Å². The molecule has 0 aliphatic rings. The van der Waals surface area contributed by atoms with Gasteiger partial charge in [-0.15, -0.1) is 0 Å². The maximum Gasteiger partial charge on any atom is 0.480 e. The van der Waals surface area contributed by atoms with Gasteiger partial charge >= 0.3 is 28.9 Å². The fourth-order valence-electron chi connectivity index (χ4n) is 7.84. The number of esters is 3. The lowest BCUT2D eigenvalue weighted by Gasteiger charge is -2.23. The van der Waals surface area contributed by atoms with Gasteiger partial charge in [0.15, 0.2) is 49.4 Å². The van der Waals surface area contributed by atoms with E-state index in [0.717, 1.165) is 29.2 Å². The quantitative estimate of drug-likeness (QED) is 0.00548. The first-order valence-electron chi connectivity index (χ1n) is 33.3. The molecule has 0 aromatic heterocycles. The van der Waals surface area contributed by atoms with Crippen LogP contribution in [-0.2, 0) is 127 Å². The standard InChI is InChI=1S/2C18H15S.2C10H16N.2C7H9F3NO7S2.C6H10O3.CH4O4S.ClH/c2*1-4-10-16(11-5-1)19(17-12-6-2-7-13-17)18-14-8-3-9-15-18;2*1-11(2,3)9-10-7-5-4-6-8-10;2*1-5(2)6(12)17-3-4-18-20(15,16)11-19(13,14)7(8,9)10;1-5(2)6(8)9-4-3-7;1-5-6(2,3)4;/h2*1-15H;2*4-8H,9H2,1-3H3;2*1,3-4H2,2H3;7H,1,3-4H2,2H3;1H3,(H,2,3,4);1H/q4*+1;2*-1;;;/p-2. The summed E-state index contributed by atoms with van der Waals surface area (Å²) < 4.78 is 213. The highest BCUT2D eigenvalue weighted by Crippen LogP contribution is 2.34. The van der Waals surface area contributed by atoms with Gasteiger partial charge in [-0.3, -0.25) is 12.5 Å². The second kappa shape index (κ2) is 52.9. The number of aliphatic hydroxyl groups is 1. The number of sulfonamides is 2. The van der Waals surface area contributed by atoms with Crippen LogP contribution in [-0.4, -0.2) is 179 Å². The number of halogens is 7. The third-order valence-corrected chi connectivity index (χ3v) is 22.5. The molecule has 8 rings (SSSR count). The Kier molecular flexibility index (Phi) is 49.0. The molecule has 0 aliphatic heterocycles. The summed E-state index contributed by atoms with van der Waals surface area (Å²) in [5, 5.41) is 8.19. The summed E-state index contributed by atoms with van der Waals surface area (Å²) >= 11 is 0. The minimum Gasteiger partial charge on any atom is -1.00 e. The van der Waals surface area contributed by atoms with Crippen molar-refractivity contribution in [1.29, 1.82) is 0 Å². The van der Waals surface area contributed by atoms with E-state index in [9.17, 15) is 87.4 Å². The SMILES string of the molecule is C=C(C)C(=O)OCCO.C=C(C)C(=O)OCCOS(=O)(=O)[N-]S(=O)(=O)C(F)(F)F.C=C(C)C(=O)OCCOS(=O)(=O)[N-]S(=O)(=O)C(F)(F)F.COS(=O)(=O)[O-].C[N+](C)(C)Cc1ccccc1.C[N+](C)(C)Cc1ccccc1.[Cl-].c1ccc([S+](c2ccccc2)c2ccccc2)cc1.c1ccc([S+](c2ccccc2)c2ccccc2)cc1. The molecule has 0 amide bonds. The number of hydrogen-bond acceptors (Lipinski definition) is 21. The first-order chi connectivity index (χ1) is 53.4. The van der Waals surface area contributed by atoms with Gasteiger partial charge in [-0.2, -0.15) is 26.3 Å². The fraction of sp³-hybridized carbons (Fsp3) is 0.260. The summed E-state index contributed by atoms with van der Waals surface area (Å²) in [7, 11) is -13.6. The van der Waals surface area contributed by atoms with Crippen LogP contribution < -0.4 is 12.4 Å². The van der Waals surface area contributed by atoms with Crippen molar-refractivity contribution >= 4 is 90.8 Å². The number of ether oxygens (including phenoxy) is 3. The molecule has 0 saturated heterocycles. The summed E-state index contributed by atoms with van der Waals surface area (Å²) in [6, 6.07) is 85.5. The van der Waals surface area contributed by atoms with Gasteiger partial charge in [0.2, 0.25) is 31.0 Å². The molecule has 8 aromatic carbocycles. The molecule has 8 aromatic rings. The largest absolute Gasteiger partial charge is 1.00 e. The van der Waals surface area contributed by atoms with E-state index in [0.29, 0.717) is 5.57 Å². The van der Waals surface area contributed by atoms with Gasteiger partial charge in [0.25, 0.3) is 0 Å². The van der Waals surface area contributed by atoms with Crippen molar-refractivity contribution in [2.24, 2.45) is 0 Å². The average molecular weight is 1780 g/mol. The van der Waals surface area contributed by atoms with E-state index in [1.807, 2.05) is 0 Å². The summed E-state index contributed by atoms with van der Waals surface area (Å²) in [5.74, 6) is -2.22. The number of quaternary nitrogens is 2. The van der Waals surface area contributed by atoms with Crippen molar-refractivity contribution in [2.45, 2.75) is 74.3 Å². The van der Waals surface area contributed by atoms with Crippen LogP contribution in [0.2, 0.25) is 0 Å². The highest BCUT2D eigenvalue weighted by molar-refractivity contribution is 8.11. The van der Waals surface area contributed by atoms with E-state index < -0.39 is 106 Å². The van der Waals surface area contributed by atoms with Crippen LogP contribution in [0.15, 0.2) is 308 Å². The van der Waals surface area contributed by atoms with Gasteiger partial charge in [-0.1, -0.05) is 190 Å². The molecule has 1 N–H and O–H groups in total. The number of alkyl halides is 6. The Morgan fingerprint density at radius 2 is 0.578 bits per heavy atom. The van der Waals surface area contributed by atoms with Crippen molar-refractivity contribution in [3.05, 3.63) is 298 Å². The lowest BCUT2D eigenvalue weighted by atomic mass is 10.2. The molecule has 0 fully saturated rings. The second-order valence-electron chi connectivity index (χ2n) is 24.9. The Labute approximate surface area is 688 Å². The zero-order valence-electron chi connectivity index (χ0n) is 64.8. The van der Waals surface area contributed by atoms with Crippen LogP contribution in [0.4, 0.5) is 26.3 Å². The molecular formula is C77H93ClF6N4O21S7. The molecule has 116 heavy (non-hydrogen) atoms. The summed E-state index contributed by atoms with van der Waals surface area (Å²) in [6.45, 7) is 12.9. The minimum atomic E-state index is -6.23. The fourth-order valence-corrected chi connectivity index (χ4v) is 15.6. The van der Waals surface area contributed by atoms with E-state index >= 15 is 0 Å². The van der Waals surface area contributed by atoms with Gasteiger partial charge in [0.05, 0.1) is 91.0 Å². The smallest absolute Gasteiger partial charge is 0.480 e. The maximum atomic E-state index is 11.9. The Hall–Kier alpha value is -8.65. The van der Waals surface area contributed by atoms with Crippen molar-refractivity contribution < 1.29 is 141 Å². The lowest BCUT2D eigenvalue weighted by Crippen LogP contribution is -3.00. The molecule has 39 heteroatoms. The molecule has 0 aliphatic carbocycles. The first kappa shape index (κ1) is 107. The van der Waals surface area contributed by atoms with Crippen LogP contribution in [0.5, 0.6) is 0 Å². The van der Waals surface area contributed by atoms with Crippen LogP contribution in [0.1, 0.15) is 31.9 Å². The van der Waals surface area contributed by atoms with Gasteiger partial charge < -0.3 is 53.5 Å². The highest BCUT2D eigenvalue weighted by Gasteiger charge is 2.42. The summed E-state index contributed by atoms with van der Waals surface area (Å²) in [5.41, 5.74) is -8.58. The molecule has 0 spiro atoms. The van der Waals surface area contributed by atoms with Gasteiger partial charge in [0, 0.05) is 27.8 Å². The normalized spacial score (nSPS) is 11.4.